The van der Waals surface area contributed by atoms with E-state index in [0.29, 0.717) is 0 Å². The van der Waals surface area contributed by atoms with E-state index in [2.05, 4.69) is 0 Å². The predicted octanol–water partition coefficient (Wildman–Crippen LogP) is 0.895. The lowest BCUT2D eigenvalue weighted by molar-refractivity contribution is 0.119. The van der Waals surface area contributed by atoms with E-state index in [1.165, 1.54) is 19.1 Å². The van der Waals surface area contributed by atoms with E-state index in [1.807, 2.05) is 0 Å². The molecule has 1 aromatic rings. The van der Waals surface area contributed by atoms with Crippen LogP contribution in [0.3, 0.4) is 0 Å². The first-order valence-corrected chi connectivity index (χ1v) is 5.81. The van der Waals surface area contributed by atoms with Crippen molar-refractivity contribution in [3.05, 3.63) is 30.3 Å². The first-order chi connectivity index (χ1) is 6.56. The number of hydrogen-bond donors (Lipinski definition) is 2. The summed E-state index contributed by atoms with van der Waals surface area (Å²) in [5.41, 5.74) is 0. The van der Waals surface area contributed by atoms with Crippen molar-refractivity contribution in [3.8, 4) is 0 Å². The molecule has 0 saturated heterocycles. The van der Waals surface area contributed by atoms with Gasteiger partial charge in [-0.05, 0) is 19.1 Å². The molecule has 0 radical (unpaired) electrons. The van der Waals surface area contributed by atoms with Gasteiger partial charge in [0.2, 0.25) is 0 Å². The highest BCUT2D eigenvalue weighted by atomic mass is 31.2. The van der Waals surface area contributed by atoms with E-state index < -0.39 is 13.7 Å². The van der Waals surface area contributed by atoms with Gasteiger partial charge in [0.05, 0.1) is 18.0 Å². The maximum Gasteiger partial charge on any atom is 0.359 e. The zero-order valence-corrected chi connectivity index (χ0v) is 8.72. The van der Waals surface area contributed by atoms with Crippen molar-refractivity contribution in [2.75, 3.05) is 6.61 Å². The Hall–Kier alpha value is -0.670. The summed E-state index contributed by atoms with van der Waals surface area (Å²) in [5.74, 6) is 0. The second kappa shape index (κ2) is 4.71. The summed E-state index contributed by atoms with van der Waals surface area (Å²) in [6.45, 7) is 1.25. The van der Waals surface area contributed by atoms with Crippen LogP contribution in [0.5, 0.6) is 0 Å². The number of benzene rings is 1. The van der Waals surface area contributed by atoms with Gasteiger partial charge in [0.15, 0.2) is 0 Å². The molecule has 2 unspecified atom stereocenters. The van der Waals surface area contributed by atoms with Gasteiger partial charge in [0.25, 0.3) is 0 Å². The fraction of sp³-hybridized carbons (Fsp3) is 0.333. The summed E-state index contributed by atoms with van der Waals surface area (Å²) in [5, 5.41) is 8.92. The van der Waals surface area contributed by atoms with Crippen molar-refractivity contribution in [3.63, 3.8) is 0 Å². The predicted molar refractivity (Wildman–Crippen MR) is 53.5 cm³/mol. The lowest BCUT2D eigenvalue weighted by atomic mass is 10.4. The van der Waals surface area contributed by atoms with Gasteiger partial charge in [-0.2, -0.15) is 0 Å². The van der Waals surface area contributed by atoms with Gasteiger partial charge in [-0.25, -0.2) is 0 Å². The Kier molecular flexibility index (Phi) is 3.84. The number of aliphatic hydroxyl groups excluding tert-OH is 1. The Labute approximate surface area is 82.7 Å². The third kappa shape index (κ3) is 2.93. The second-order valence-corrected chi connectivity index (χ2v) is 4.72. The Morgan fingerprint density at radius 1 is 1.43 bits per heavy atom. The maximum atomic E-state index is 11.6. The topological polar surface area (TPSA) is 66.8 Å². The first-order valence-electron chi connectivity index (χ1n) is 4.24. The third-order valence-electron chi connectivity index (χ3n) is 1.66. The van der Waals surface area contributed by atoms with Crippen molar-refractivity contribution < 1.29 is 19.1 Å². The number of hydrogen-bond acceptors (Lipinski definition) is 3. The fourth-order valence-electron chi connectivity index (χ4n) is 0.954. The zero-order valence-electron chi connectivity index (χ0n) is 7.83. The molecule has 0 aliphatic carbocycles. The summed E-state index contributed by atoms with van der Waals surface area (Å²) in [4.78, 5) is 9.51. The number of rotatable bonds is 4. The van der Waals surface area contributed by atoms with E-state index in [1.54, 1.807) is 18.2 Å². The average molecular weight is 216 g/mol. The molecule has 0 aromatic heterocycles. The second-order valence-electron chi connectivity index (χ2n) is 2.95. The van der Waals surface area contributed by atoms with Crippen LogP contribution in [0.25, 0.3) is 0 Å². The summed E-state index contributed by atoms with van der Waals surface area (Å²) in [6, 6.07) is 8.10. The number of aliphatic hydroxyl groups is 1. The van der Waals surface area contributed by atoms with Crippen molar-refractivity contribution in [1.82, 2.24) is 0 Å². The van der Waals surface area contributed by atoms with Crippen LogP contribution in [0.2, 0.25) is 0 Å². The molecule has 4 nitrogen and oxygen atoms in total. The Balaban J connectivity index is 2.81. The van der Waals surface area contributed by atoms with E-state index in [0.717, 1.165) is 0 Å². The van der Waals surface area contributed by atoms with Crippen LogP contribution in [0.1, 0.15) is 6.92 Å². The van der Waals surface area contributed by atoms with Gasteiger partial charge in [0.1, 0.15) is 0 Å². The average Bonchev–Trinajstić information content (AvgIpc) is 2.18. The van der Waals surface area contributed by atoms with Crippen LogP contribution in [0.15, 0.2) is 30.3 Å². The van der Waals surface area contributed by atoms with Gasteiger partial charge in [-0.3, -0.25) is 9.09 Å². The van der Waals surface area contributed by atoms with Crippen LogP contribution in [0.4, 0.5) is 0 Å². The molecule has 0 spiro atoms. The largest absolute Gasteiger partial charge is 0.394 e. The zero-order chi connectivity index (χ0) is 10.6. The molecule has 2 N–H and O–H groups in total. The SMILES string of the molecule is CC(CO)OP(=O)(O)c1ccccc1. The molecule has 1 rings (SSSR count). The fourth-order valence-corrected chi connectivity index (χ4v) is 2.18. The van der Waals surface area contributed by atoms with Crippen LogP contribution >= 0.6 is 7.60 Å². The summed E-state index contributed by atoms with van der Waals surface area (Å²) in [7, 11) is -3.78. The van der Waals surface area contributed by atoms with Crippen LogP contribution < -0.4 is 5.30 Å². The third-order valence-corrected chi connectivity index (χ3v) is 3.26. The van der Waals surface area contributed by atoms with Crippen LogP contribution in [-0.4, -0.2) is 22.7 Å². The Morgan fingerprint density at radius 3 is 2.50 bits per heavy atom. The highest BCUT2D eigenvalue weighted by molar-refractivity contribution is 7.61. The van der Waals surface area contributed by atoms with Crippen LogP contribution in [0, 0.1) is 0 Å². The van der Waals surface area contributed by atoms with E-state index >= 15 is 0 Å². The van der Waals surface area contributed by atoms with Crippen molar-refractivity contribution >= 4 is 12.9 Å². The van der Waals surface area contributed by atoms with E-state index in [-0.39, 0.29) is 11.9 Å². The Morgan fingerprint density at radius 2 is 2.00 bits per heavy atom. The molecule has 0 fully saturated rings. The minimum atomic E-state index is -3.78. The Bertz CT molecular complexity index is 325. The summed E-state index contributed by atoms with van der Waals surface area (Å²) in [6.07, 6.45) is -0.647. The standard InChI is InChI=1S/C9H13O4P/c1-8(7-10)13-14(11,12)9-5-3-2-4-6-9/h2-6,8,10H,7H2,1H3,(H,11,12). The minimum Gasteiger partial charge on any atom is -0.394 e. The molecule has 2 atom stereocenters. The molecule has 0 aliphatic rings. The molecule has 0 bridgehead atoms. The monoisotopic (exact) mass is 216 g/mol. The van der Waals surface area contributed by atoms with Gasteiger partial charge in [-0.1, -0.05) is 18.2 Å². The van der Waals surface area contributed by atoms with E-state index in [9.17, 15) is 9.46 Å². The molecule has 78 valence electrons. The summed E-state index contributed by atoms with van der Waals surface area (Å²) >= 11 is 0. The quantitative estimate of drug-likeness (QED) is 0.733. The highest BCUT2D eigenvalue weighted by Gasteiger charge is 2.24. The minimum absolute atomic E-state index is 0.236. The maximum absolute atomic E-state index is 11.6. The van der Waals surface area contributed by atoms with Crippen LogP contribution in [-0.2, 0) is 9.09 Å². The molecular formula is C9H13O4P. The van der Waals surface area contributed by atoms with Gasteiger partial charge >= 0.3 is 7.60 Å². The molecule has 0 heterocycles. The molecule has 0 amide bonds. The van der Waals surface area contributed by atoms with Crippen molar-refractivity contribution in [2.24, 2.45) is 0 Å². The molecule has 14 heavy (non-hydrogen) atoms. The smallest absolute Gasteiger partial charge is 0.359 e. The molecule has 0 saturated carbocycles. The van der Waals surface area contributed by atoms with E-state index in [4.69, 9.17) is 9.63 Å². The summed E-state index contributed by atoms with van der Waals surface area (Å²) < 4.78 is 16.4. The lowest BCUT2D eigenvalue weighted by Gasteiger charge is -2.15. The molecule has 1 aromatic carbocycles. The molecule has 5 heteroatoms. The van der Waals surface area contributed by atoms with Crippen molar-refractivity contribution in [2.45, 2.75) is 13.0 Å². The van der Waals surface area contributed by atoms with Gasteiger partial charge in [-0.15, -0.1) is 0 Å². The first kappa shape index (κ1) is 11.4. The molecular weight excluding hydrogens is 203 g/mol. The lowest BCUT2D eigenvalue weighted by Crippen LogP contribution is -2.16. The highest BCUT2D eigenvalue weighted by Crippen LogP contribution is 2.41. The van der Waals surface area contributed by atoms with Crippen molar-refractivity contribution in [1.29, 1.82) is 0 Å². The van der Waals surface area contributed by atoms with Gasteiger partial charge < -0.3 is 10.00 Å². The molecule has 0 aliphatic heterocycles. The van der Waals surface area contributed by atoms with Gasteiger partial charge in [0, 0.05) is 0 Å². The normalized spacial score (nSPS) is 17.4.